The zero-order valence-electron chi connectivity index (χ0n) is 11.9. The van der Waals surface area contributed by atoms with Crippen molar-refractivity contribution in [1.82, 2.24) is 4.72 Å². The van der Waals surface area contributed by atoms with E-state index in [4.69, 9.17) is 0 Å². The third-order valence-electron chi connectivity index (χ3n) is 4.07. The van der Waals surface area contributed by atoms with E-state index >= 15 is 0 Å². The summed E-state index contributed by atoms with van der Waals surface area (Å²) in [5, 5.41) is 9.20. The summed E-state index contributed by atoms with van der Waals surface area (Å²) in [6, 6.07) is 3.26. The Morgan fingerprint density at radius 2 is 2.05 bits per heavy atom. The lowest BCUT2D eigenvalue weighted by Gasteiger charge is -2.12. The Hall–Kier alpha value is -0.430. The number of rotatable bonds is 5. The van der Waals surface area contributed by atoms with E-state index in [1.54, 1.807) is 13.0 Å². The maximum absolute atomic E-state index is 12.4. The van der Waals surface area contributed by atoms with Gasteiger partial charge in [0.05, 0.1) is 11.5 Å². The molecule has 1 unspecified atom stereocenters. The van der Waals surface area contributed by atoms with Crippen molar-refractivity contribution in [3.63, 3.8) is 0 Å². The predicted octanol–water partition coefficient (Wildman–Crippen LogP) is 2.57. The maximum atomic E-state index is 12.4. The van der Waals surface area contributed by atoms with Gasteiger partial charge in [-0.05, 0) is 47.9 Å². The van der Waals surface area contributed by atoms with E-state index in [0.29, 0.717) is 28.1 Å². The molecule has 1 fully saturated rings. The van der Waals surface area contributed by atoms with E-state index in [9.17, 15) is 13.5 Å². The van der Waals surface area contributed by atoms with E-state index in [1.807, 2.05) is 0 Å². The third-order valence-corrected chi connectivity index (χ3v) is 6.44. The topological polar surface area (TPSA) is 66.4 Å². The Bertz CT molecular complexity index is 626. The zero-order chi connectivity index (χ0) is 15.1. The van der Waals surface area contributed by atoms with Crippen molar-refractivity contribution in [2.24, 2.45) is 11.3 Å². The molecule has 4 nitrogen and oxygen atoms in total. The number of hydrogen-bond acceptors (Lipinski definition) is 3. The predicted molar refractivity (Wildman–Crippen MR) is 81.9 cm³/mol. The fraction of sp³-hybridized carbons (Fsp3) is 0.571. The van der Waals surface area contributed by atoms with Gasteiger partial charge in [0, 0.05) is 11.0 Å². The first-order valence-corrected chi connectivity index (χ1v) is 8.84. The molecule has 112 valence electrons. The van der Waals surface area contributed by atoms with Gasteiger partial charge in [-0.2, -0.15) is 0 Å². The molecular weight excluding hydrogens is 342 g/mol. The highest BCUT2D eigenvalue weighted by Gasteiger charge is 2.45. The molecule has 1 saturated carbocycles. The highest BCUT2D eigenvalue weighted by Crippen LogP contribution is 2.51. The smallest absolute Gasteiger partial charge is 0.240 e. The number of halogens is 1. The SMILES string of the molecule is Cc1c(Br)cc(CO)cc1S(=O)(=O)NCC1CC1(C)C. The summed E-state index contributed by atoms with van der Waals surface area (Å²) in [6.45, 7) is 6.31. The Kier molecular flexibility index (Phi) is 4.31. The first-order chi connectivity index (χ1) is 9.17. The minimum absolute atomic E-state index is 0.183. The summed E-state index contributed by atoms with van der Waals surface area (Å²) in [6.07, 6.45) is 1.05. The fourth-order valence-corrected chi connectivity index (χ4v) is 4.32. The molecule has 1 aromatic carbocycles. The van der Waals surface area contributed by atoms with Crippen LogP contribution in [0.4, 0.5) is 0 Å². The second-order valence-electron chi connectivity index (χ2n) is 6.10. The minimum Gasteiger partial charge on any atom is -0.392 e. The number of nitrogens with one attached hydrogen (secondary N) is 1. The molecule has 1 aromatic rings. The van der Waals surface area contributed by atoms with Crippen LogP contribution in [0.15, 0.2) is 21.5 Å². The van der Waals surface area contributed by atoms with E-state index < -0.39 is 10.0 Å². The molecule has 0 heterocycles. The Balaban J connectivity index is 2.23. The molecule has 0 bridgehead atoms. The summed E-state index contributed by atoms with van der Waals surface area (Å²) in [7, 11) is -3.54. The molecule has 1 atom stereocenters. The number of aliphatic hydroxyl groups excluding tert-OH is 1. The first kappa shape index (κ1) is 15.9. The van der Waals surface area contributed by atoms with Gasteiger partial charge >= 0.3 is 0 Å². The molecule has 0 amide bonds. The summed E-state index contributed by atoms with van der Waals surface area (Å²) >= 11 is 3.34. The van der Waals surface area contributed by atoms with Crippen molar-refractivity contribution in [2.75, 3.05) is 6.54 Å². The summed E-state index contributed by atoms with van der Waals surface area (Å²) < 4.78 is 28.2. The fourth-order valence-electron chi connectivity index (χ4n) is 2.29. The van der Waals surface area contributed by atoms with Gasteiger partial charge in [0.2, 0.25) is 10.0 Å². The first-order valence-electron chi connectivity index (χ1n) is 6.57. The second kappa shape index (κ2) is 5.40. The normalized spacial score (nSPS) is 20.9. The molecule has 0 radical (unpaired) electrons. The summed E-state index contributed by atoms with van der Waals surface area (Å²) in [4.78, 5) is 0.231. The van der Waals surface area contributed by atoms with Crippen LogP contribution in [0.5, 0.6) is 0 Å². The van der Waals surface area contributed by atoms with Gasteiger partial charge in [0.1, 0.15) is 0 Å². The van der Waals surface area contributed by atoms with Crippen molar-refractivity contribution in [3.8, 4) is 0 Å². The van der Waals surface area contributed by atoms with E-state index in [0.717, 1.165) is 6.42 Å². The lowest BCUT2D eigenvalue weighted by atomic mass is 10.1. The van der Waals surface area contributed by atoms with Gasteiger partial charge in [-0.1, -0.05) is 29.8 Å². The molecule has 0 saturated heterocycles. The van der Waals surface area contributed by atoms with Crippen molar-refractivity contribution in [1.29, 1.82) is 0 Å². The summed E-state index contributed by atoms with van der Waals surface area (Å²) in [5.41, 5.74) is 1.48. The lowest BCUT2D eigenvalue weighted by Crippen LogP contribution is -2.27. The summed E-state index contributed by atoms with van der Waals surface area (Å²) in [5.74, 6) is 0.405. The highest BCUT2D eigenvalue weighted by atomic mass is 79.9. The molecule has 0 aromatic heterocycles. The van der Waals surface area contributed by atoms with Crippen LogP contribution in [0.1, 0.15) is 31.4 Å². The number of sulfonamides is 1. The average molecular weight is 362 g/mol. The molecule has 2 rings (SSSR count). The van der Waals surface area contributed by atoms with E-state index in [-0.39, 0.29) is 16.9 Å². The van der Waals surface area contributed by atoms with Gasteiger partial charge < -0.3 is 5.11 Å². The maximum Gasteiger partial charge on any atom is 0.240 e. The zero-order valence-corrected chi connectivity index (χ0v) is 14.3. The van der Waals surface area contributed by atoms with Crippen LogP contribution in [0, 0.1) is 18.3 Å². The largest absolute Gasteiger partial charge is 0.392 e. The van der Waals surface area contributed by atoms with Crippen LogP contribution in [0.2, 0.25) is 0 Å². The molecule has 2 N–H and O–H groups in total. The van der Waals surface area contributed by atoms with Crippen molar-refractivity contribution < 1.29 is 13.5 Å². The average Bonchev–Trinajstić information content (AvgIpc) is 2.98. The van der Waals surface area contributed by atoms with Crippen molar-refractivity contribution >= 4 is 26.0 Å². The van der Waals surface area contributed by atoms with Crippen LogP contribution in [-0.2, 0) is 16.6 Å². The minimum atomic E-state index is -3.54. The molecular formula is C14H20BrNO3S. The Morgan fingerprint density at radius 3 is 2.55 bits per heavy atom. The van der Waals surface area contributed by atoms with Crippen LogP contribution in [0.3, 0.4) is 0 Å². The highest BCUT2D eigenvalue weighted by molar-refractivity contribution is 9.10. The van der Waals surface area contributed by atoms with Crippen LogP contribution in [0.25, 0.3) is 0 Å². The van der Waals surface area contributed by atoms with E-state index in [1.165, 1.54) is 6.07 Å². The van der Waals surface area contributed by atoms with Gasteiger partial charge in [-0.15, -0.1) is 0 Å². The molecule has 20 heavy (non-hydrogen) atoms. The quantitative estimate of drug-likeness (QED) is 0.846. The van der Waals surface area contributed by atoms with Crippen LogP contribution < -0.4 is 4.72 Å². The third kappa shape index (κ3) is 3.24. The van der Waals surface area contributed by atoms with Crippen LogP contribution in [-0.4, -0.2) is 20.1 Å². The van der Waals surface area contributed by atoms with Gasteiger partial charge in [0.15, 0.2) is 0 Å². The standard InChI is InChI=1S/C14H20BrNO3S/c1-9-12(15)4-10(8-17)5-13(9)20(18,19)16-7-11-6-14(11,2)3/h4-5,11,16-17H,6-8H2,1-3H3. The van der Waals surface area contributed by atoms with Gasteiger partial charge in [-0.3, -0.25) is 0 Å². The van der Waals surface area contributed by atoms with Crippen molar-refractivity contribution in [3.05, 3.63) is 27.7 Å². The van der Waals surface area contributed by atoms with Gasteiger partial charge in [0.25, 0.3) is 0 Å². The van der Waals surface area contributed by atoms with Crippen molar-refractivity contribution in [2.45, 2.75) is 38.7 Å². The van der Waals surface area contributed by atoms with Crippen LogP contribution >= 0.6 is 15.9 Å². The monoisotopic (exact) mass is 361 g/mol. The van der Waals surface area contributed by atoms with Gasteiger partial charge in [-0.25, -0.2) is 13.1 Å². The molecule has 0 spiro atoms. The second-order valence-corrected chi connectivity index (χ2v) is 8.69. The van der Waals surface area contributed by atoms with E-state index in [2.05, 4.69) is 34.5 Å². The molecule has 1 aliphatic carbocycles. The Labute approximate surface area is 128 Å². The molecule has 1 aliphatic rings. The molecule has 0 aliphatic heterocycles. The lowest BCUT2D eigenvalue weighted by molar-refractivity contribution is 0.281. The number of hydrogen-bond donors (Lipinski definition) is 2. The number of benzene rings is 1. The Morgan fingerprint density at radius 1 is 1.45 bits per heavy atom. The molecule has 6 heteroatoms. The number of aliphatic hydroxyl groups is 1.